The van der Waals surface area contributed by atoms with Gasteiger partial charge in [0, 0.05) is 19.2 Å². The number of halogens is 1. The Kier molecular flexibility index (Phi) is 3.66. The second-order valence-corrected chi connectivity index (χ2v) is 4.81. The van der Waals surface area contributed by atoms with Crippen LogP contribution >= 0.6 is 11.5 Å². The zero-order valence-electron chi connectivity index (χ0n) is 10.3. The third-order valence-corrected chi connectivity index (χ3v) is 3.64. The van der Waals surface area contributed by atoms with Gasteiger partial charge in [0.15, 0.2) is 5.82 Å². The summed E-state index contributed by atoms with van der Waals surface area (Å²) in [7, 11) is 1.73. The third-order valence-electron chi connectivity index (χ3n) is 2.66. The van der Waals surface area contributed by atoms with Gasteiger partial charge in [0.05, 0.1) is 0 Å². The Balaban J connectivity index is 2.28. The van der Waals surface area contributed by atoms with Crippen molar-refractivity contribution < 1.29 is 9.18 Å². The van der Waals surface area contributed by atoms with E-state index in [0.717, 1.165) is 11.5 Å². The lowest BCUT2D eigenvalue weighted by Crippen LogP contribution is -2.21. The zero-order chi connectivity index (χ0) is 14.0. The van der Waals surface area contributed by atoms with Gasteiger partial charge in [-0.1, -0.05) is 18.2 Å². The smallest absolute Gasteiger partial charge is 0.255 e. The minimum absolute atomic E-state index is 0.105. The minimum Gasteiger partial charge on any atom is -0.382 e. The number of hydrogen-bond acceptors (Lipinski definition) is 5. The van der Waals surface area contributed by atoms with E-state index in [-0.39, 0.29) is 17.2 Å². The van der Waals surface area contributed by atoms with Crippen molar-refractivity contribution >= 4 is 28.3 Å². The molecule has 5 nitrogen and oxygen atoms in total. The number of benzene rings is 1. The van der Waals surface area contributed by atoms with Crippen LogP contribution in [0.2, 0.25) is 0 Å². The van der Waals surface area contributed by atoms with Crippen molar-refractivity contribution in [3.05, 3.63) is 41.2 Å². The Labute approximate surface area is 113 Å². The summed E-state index contributed by atoms with van der Waals surface area (Å²) in [5.41, 5.74) is 11.6. The van der Waals surface area contributed by atoms with Crippen molar-refractivity contribution in [3.63, 3.8) is 0 Å². The van der Waals surface area contributed by atoms with Crippen molar-refractivity contribution in [1.29, 1.82) is 0 Å². The van der Waals surface area contributed by atoms with Gasteiger partial charge in [0.25, 0.3) is 5.91 Å². The van der Waals surface area contributed by atoms with Crippen molar-refractivity contribution in [3.8, 4) is 0 Å². The lowest BCUT2D eigenvalue weighted by atomic mass is 10.2. The molecule has 0 bridgehead atoms. The van der Waals surface area contributed by atoms with Crippen LogP contribution in [0.15, 0.2) is 24.3 Å². The molecule has 0 atom stereocenters. The van der Waals surface area contributed by atoms with E-state index in [9.17, 15) is 9.18 Å². The van der Waals surface area contributed by atoms with Gasteiger partial charge in [-0.25, -0.2) is 4.39 Å². The van der Waals surface area contributed by atoms with E-state index in [4.69, 9.17) is 11.5 Å². The van der Waals surface area contributed by atoms with Gasteiger partial charge >= 0.3 is 0 Å². The number of nitrogens with two attached hydrogens (primary N) is 2. The van der Waals surface area contributed by atoms with Crippen molar-refractivity contribution in [2.45, 2.75) is 6.54 Å². The first kappa shape index (κ1) is 13.3. The summed E-state index contributed by atoms with van der Waals surface area (Å²) in [6.07, 6.45) is 0. The standard InChI is InChI=1S/C12H13FN4OS/c1-17(6-7-4-2-3-5-8(7)13)12-9(11(15)18)10(14)16-19-12/h2-5H,6H2,1H3,(H2,14,16)(H2,15,18). The van der Waals surface area contributed by atoms with Gasteiger partial charge < -0.3 is 16.4 Å². The maximum Gasteiger partial charge on any atom is 0.255 e. The summed E-state index contributed by atoms with van der Waals surface area (Å²) < 4.78 is 17.5. The van der Waals surface area contributed by atoms with Crippen LogP contribution < -0.4 is 16.4 Å². The molecule has 100 valence electrons. The molecule has 0 saturated heterocycles. The molecule has 1 aromatic carbocycles. The summed E-state index contributed by atoms with van der Waals surface area (Å²) in [5, 5.41) is 0.535. The second kappa shape index (κ2) is 5.23. The molecule has 0 fully saturated rings. The van der Waals surface area contributed by atoms with Crippen LogP contribution in [0, 0.1) is 5.82 Å². The number of carbonyl (C=O) groups is 1. The lowest BCUT2D eigenvalue weighted by molar-refractivity contribution is 0.100. The van der Waals surface area contributed by atoms with Gasteiger partial charge in [-0.3, -0.25) is 4.79 Å². The van der Waals surface area contributed by atoms with Gasteiger partial charge in [-0.15, -0.1) is 0 Å². The molecule has 19 heavy (non-hydrogen) atoms. The van der Waals surface area contributed by atoms with Gasteiger partial charge in [0.1, 0.15) is 16.4 Å². The van der Waals surface area contributed by atoms with E-state index in [2.05, 4.69) is 4.37 Å². The Bertz CT molecular complexity index is 614. The molecule has 1 aromatic heterocycles. The molecule has 0 aliphatic carbocycles. The number of nitrogen functional groups attached to an aromatic ring is 1. The summed E-state index contributed by atoms with van der Waals surface area (Å²) in [6.45, 7) is 0.300. The summed E-state index contributed by atoms with van der Waals surface area (Å²) >= 11 is 1.07. The Morgan fingerprint density at radius 3 is 2.79 bits per heavy atom. The van der Waals surface area contributed by atoms with E-state index in [1.807, 2.05) is 0 Å². The van der Waals surface area contributed by atoms with Crippen molar-refractivity contribution in [2.24, 2.45) is 5.73 Å². The molecule has 4 N–H and O–H groups in total. The number of primary amides is 1. The van der Waals surface area contributed by atoms with E-state index in [1.54, 1.807) is 30.1 Å². The van der Waals surface area contributed by atoms with E-state index in [0.29, 0.717) is 17.1 Å². The molecule has 0 saturated carbocycles. The van der Waals surface area contributed by atoms with Crippen LogP contribution in [0.1, 0.15) is 15.9 Å². The van der Waals surface area contributed by atoms with Crippen LogP contribution in [0.4, 0.5) is 15.2 Å². The SMILES string of the molecule is CN(Cc1ccccc1F)c1snc(N)c1C(N)=O. The summed E-state index contributed by atoms with van der Waals surface area (Å²) in [4.78, 5) is 13.0. The van der Waals surface area contributed by atoms with Gasteiger partial charge in [-0.2, -0.15) is 4.37 Å². The van der Waals surface area contributed by atoms with Crippen LogP contribution in [0.3, 0.4) is 0 Å². The average Bonchev–Trinajstić information content (AvgIpc) is 2.74. The molecule has 2 aromatic rings. The molecule has 0 aliphatic heterocycles. The minimum atomic E-state index is -0.637. The number of carbonyl (C=O) groups excluding carboxylic acids is 1. The molecule has 1 heterocycles. The van der Waals surface area contributed by atoms with Gasteiger partial charge in [-0.05, 0) is 17.6 Å². The van der Waals surface area contributed by atoms with Crippen LogP contribution in [0.25, 0.3) is 0 Å². The van der Waals surface area contributed by atoms with Crippen LogP contribution in [-0.2, 0) is 6.54 Å². The highest BCUT2D eigenvalue weighted by Crippen LogP contribution is 2.30. The number of rotatable bonds is 4. The van der Waals surface area contributed by atoms with Crippen molar-refractivity contribution in [2.75, 3.05) is 17.7 Å². The Morgan fingerprint density at radius 2 is 2.16 bits per heavy atom. The van der Waals surface area contributed by atoms with Crippen LogP contribution in [0.5, 0.6) is 0 Å². The maximum atomic E-state index is 13.6. The van der Waals surface area contributed by atoms with E-state index >= 15 is 0 Å². The summed E-state index contributed by atoms with van der Waals surface area (Å²) in [5.74, 6) is -0.832. The van der Waals surface area contributed by atoms with Crippen LogP contribution in [-0.4, -0.2) is 17.3 Å². The molecule has 0 radical (unpaired) electrons. The Morgan fingerprint density at radius 1 is 1.47 bits per heavy atom. The predicted octanol–water partition coefficient (Wildman–Crippen LogP) is 1.60. The molecule has 2 rings (SSSR count). The maximum absolute atomic E-state index is 13.6. The highest BCUT2D eigenvalue weighted by molar-refractivity contribution is 7.11. The largest absolute Gasteiger partial charge is 0.382 e. The fraction of sp³-hybridized carbons (Fsp3) is 0.167. The fourth-order valence-corrected chi connectivity index (χ4v) is 2.52. The third kappa shape index (κ3) is 2.65. The molecule has 0 aliphatic rings. The first-order valence-corrected chi connectivity index (χ1v) is 6.27. The van der Waals surface area contributed by atoms with Gasteiger partial charge in [0.2, 0.25) is 0 Å². The molecule has 7 heteroatoms. The highest BCUT2D eigenvalue weighted by atomic mass is 32.1. The Hall–Kier alpha value is -2.15. The number of hydrogen-bond donors (Lipinski definition) is 2. The van der Waals surface area contributed by atoms with E-state index in [1.165, 1.54) is 6.07 Å². The van der Waals surface area contributed by atoms with E-state index < -0.39 is 5.91 Å². The molecule has 1 amide bonds. The average molecular weight is 280 g/mol. The fourth-order valence-electron chi connectivity index (χ4n) is 1.74. The van der Waals surface area contributed by atoms with Crippen molar-refractivity contribution in [1.82, 2.24) is 4.37 Å². The molecular weight excluding hydrogens is 267 g/mol. The number of aromatic nitrogens is 1. The second-order valence-electron chi connectivity index (χ2n) is 4.06. The lowest BCUT2D eigenvalue weighted by Gasteiger charge is -2.18. The quantitative estimate of drug-likeness (QED) is 0.890. The summed E-state index contributed by atoms with van der Waals surface area (Å²) in [6, 6.07) is 6.44. The number of nitrogens with zero attached hydrogens (tertiary/aromatic N) is 2. The molecular formula is C12H13FN4OS. The number of amides is 1. The number of anilines is 2. The topological polar surface area (TPSA) is 85.2 Å². The molecule has 0 spiro atoms. The first-order valence-electron chi connectivity index (χ1n) is 5.50. The molecule has 0 unspecified atom stereocenters. The first-order chi connectivity index (χ1) is 9.00. The monoisotopic (exact) mass is 280 g/mol. The predicted molar refractivity (Wildman–Crippen MR) is 73.6 cm³/mol. The highest BCUT2D eigenvalue weighted by Gasteiger charge is 2.20. The zero-order valence-corrected chi connectivity index (χ0v) is 11.1. The normalized spacial score (nSPS) is 10.4.